The molecule has 3 rings (SSSR count). The van der Waals surface area contributed by atoms with E-state index in [1.165, 1.54) is 11.3 Å². The first-order valence-corrected chi connectivity index (χ1v) is 8.55. The Balaban J connectivity index is 1.63. The SMILES string of the molecule is Cc1c(NC(=O)c2cc(COc3ccccc3Cl)cs2)cnn1C. The second-order valence-corrected chi connectivity index (χ2v) is 6.58. The summed E-state index contributed by atoms with van der Waals surface area (Å²) in [6.45, 7) is 2.26. The van der Waals surface area contributed by atoms with E-state index in [-0.39, 0.29) is 5.91 Å². The number of nitrogens with zero attached hydrogens (tertiary/aromatic N) is 2. The van der Waals surface area contributed by atoms with Gasteiger partial charge in [0.15, 0.2) is 0 Å². The van der Waals surface area contributed by atoms with Gasteiger partial charge in [-0.05, 0) is 30.5 Å². The van der Waals surface area contributed by atoms with Gasteiger partial charge in [0.1, 0.15) is 12.4 Å². The minimum absolute atomic E-state index is 0.153. The van der Waals surface area contributed by atoms with E-state index < -0.39 is 0 Å². The van der Waals surface area contributed by atoms with Gasteiger partial charge in [0.05, 0.1) is 27.5 Å². The lowest BCUT2D eigenvalue weighted by molar-refractivity contribution is 0.103. The summed E-state index contributed by atoms with van der Waals surface area (Å²) in [6, 6.07) is 9.13. The number of amides is 1. The van der Waals surface area contributed by atoms with Crippen molar-refractivity contribution < 1.29 is 9.53 Å². The number of carbonyl (C=O) groups excluding carboxylic acids is 1. The molecule has 124 valence electrons. The Labute approximate surface area is 148 Å². The molecule has 0 fully saturated rings. The maximum atomic E-state index is 12.3. The number of thiophene rings is 1. The predicted octanol–water partition coefficient (Wildman–Crippen LogP) is 4.27. The van der Waals surface area contributed by atoms with E-state index in [0.29, 0.717) is 27.9 Å². The van der Waals surface area contributed by atoms with Gasteiger partial charge < -0.3 is 10.1 Å². The summed E-state index contributed by atoms with van der Waals surface area (Å²) in [5.41, 5.74) is 2.54. The van der Waals surface area contributed by atoms with Crippen molar-refractivity contribution in [1.82, 2.24) is 9.78 Å². The van der Waals surface area contributed by atoms with Gasteiger partial charge >= 0.3 is 0 Å². The Hall–Kier alpha value is -2.31. The Morgan fingerprint density at radius 3 is 2.92 bits per heavy atom. The minimum Gasteiger partial charge on any atom is -0.487 e. The van der Waals surface area contributed by atoms with Crippen molar-refractivity contribution in [1.29, 1.82) is 0 Å². The van der Waals surface area contributed by atoms with Crippen LogP contribution in [0.3, 0.4) is 0 Å². The summed E-state index contributed by atoms with van der Waals surface area (Å²) in [4.78, 5) is 12.9. The Kier molecular flexibility index (Phi) is 4.87. The first-order valence-electron chi connectivity index (χ1n) is 7.29. The van der Waals surface area contributed by atoms with Crippen LogP contribution in [0.5, 0.6) is 5.75 Å². The highest BCUT2D eigenvalue weighted by atomic mass is 35.5. The van der Waals surface area contributed by atoms with Crippen LogP contribution in [0, 0.1) is 6.92 Å². The minimum atomic E-state index is -0.153. The molecule has 2 heterocycles. The molecule has 3 aromatic rings. The third kappa shape index (κ3) is 3.60. The van der Waals surface area contributed by atoms with E-state index in [1.807, 2.05) is 43.6 Å². The van der Waals surface area contributed by atoms with Crippen molar-refractivity contribution in [3.05, 3.63) is 63.1 Å². The number of hydrogen-bond donors (Lipinski definition) is 1. The number of hydrogen-bond acceptors (Lipinski definition) is 4. The number of para-hydroxylation sites is 1. The molecule has 1 N–H and O–H groups in total. The molecule has 0 saturated carbocycles. The van der Waals surface area contributed by atoms with E-state index >= 15 is 0 Å². The molecule has 5 nitrogen and oxygen atoms in total. The first kappa shape index (κ1) is 16.5. The maximum Gasteiger partial charge on any atom is 0.265 e. The smallest absolute Gasteiger partial charge is 0.265 e. The number of nitrogens with one attached hydrogen (secondary N) is 1. The highest BCUT2D eigenvalue weighted by Crippen LogP contribution is 2.25. The van der Waals surface area contributed by atoms with Gasteiger partial charge in [-0.2, -0.15) is 5.10 Å². The average Bonchev–Trinajstić information content (AvgIpc) is 3.16. The quantitative estimate of drug-likeness (QED) is 0.738. The van der Waals surface area contributed by atoms with Gasteiger partial charge in [0.25, 0.3) is 5.91 Å². The van der Waals surface area contributed by atoms with Gasteiger partial charge in [-0.15, -0.1) is 11.3 Å². The average molecular weight is 362 g/mol. The van der Waals surface area contributed by atoms with E-state index in [9.17, 15) is 4.79 Å². The monoisotopic (exact) mass is 361 g/mol. The van der Waals surface area contributed by atoms with E-state index in [2.05, 4.69) is 10.4 Å². The predicted molar refractivity (Wildman–Crippen MR) is 96.0 cm³/mol. The standard InChI is InChI=1S/C17H16ClN3O2S/c1-11-14(8-19-21(11)2)20-17(22)16-7-12(10-24-16)9-23-15-6-4-3-5-13(15)18/h3-8,10H,9H2,1-2H3,(H,20,22). The van der Waals surface area contributed by atoms with E-state index in [0.717, 1.165) is 11.3 Å². The molecule has 2 aromatic heterocycles. The number of ether oxygens (including phenoxy) is 1. The van der Waals surface area contributed by atoms with Crippen molar-refractivity contribution in [2.75, 3.05) is 5.32 Å². The maximum absolute atomic E-state index is 12.3. The number of halogens is 1. The van der Waals surface area contributed by atoms with Gasteiger partial charge in [-0.25, -0.2) is 0 Å². The second-order valence-electron chi connectivity index (χ2n) is 5.26. The Morgan fingerprint density at radius 2 is 2.21 bits per heavy atom. The molecule has 1 amide bonds. The zero-order valence-electron chi connectivity index (χ0n) is 13.2. The van der Waals surface area contributed by atoms with E-state index in [1.54, 1.807) is 16.9 Å². The van der Waals surface area contributed by atoms with Crippen LogP contribution in [-0.4, -0.2) is 15.7 Å². The molecule has 0 atom stereocenters. The molecule has 0 aliphatic carbocycles. The Morgan fingerprint density at radius 1 is 1.42 bits per heavy atom. The molecule has 0 spiro atoms. The van der Waals surface area contributed by atoms with Crippen LogP contribution in [0.4, 0.5) is 5.69 Å². The van der Waals surface area contributed by atoms with Crippen LogP contribution in [0.25, 0.3) is 0 Å². The van der Waals surface area contributed by atoms with Crippen molar-refractivity contribution in [3.63, 3.8) is 0 Å². The zero-order chi connectivity index (χ0) is 17.1. The van der Waals surface area contributed by atoms with Crippen LogP contribution in [-0.2, 0) is 13.7 Å². The molecule has 1 aromatic carbocycles. The Bertz CT molecular complexity index is 872. The van der Waals surface area contributed by atoms with E-state index in [4.69, 9.17) is 16.3 Å². The number of aryl methyl sites for hydroxylation is 1. The van der Waals surface area contributed by atoms with Crippen LogP contribution < -0.4 is 10.1 Å². The third-order valence-electron chi connectivity index (χ3n) is 3.59. The normalized spacial score (nSPS) is 10.6. The van der Waals surface area contributed by atoms with Crippen molar-refractivity contribution in [2.45, 2.75) is 13.5 Å². The molecular formula is C17H16ClN3O2S. The van der Waals surface area contributed by atoms with Gasteiger partial charge in [-0.1, -0.05) is 23.7 Å². The molecule has 7 heteroatoms. The molecule has 0 radical (unpaired) electrons. The van der Waals surface area contributed by atoms with Crippen LogP contribution >= 0.6 is 22.9 Å². The summed E-state index contributed by atoms with van der Waals surface area (Å²) >= 11 is 7.44. The molecule has 0 aliphatic rings. The fraction of sp³-hybridized carbons (Fsp3) is 0.176. The fourth-order valence-corrected chi connectivity index (χ4v) is 3.08. The van der Waals surface area contributed by atoms with Crippen LogP contribution in [0.2, 0.25) is 5.02 Å². The topological polar surface area (TPSA) is 56.1 Å². The summed E-state index contributed by atoms with van der Waals surface area (Å²) < 4.78 is 7.40. The van der Waals surface area contributed by atoms with Crippen molar-refractivity contribution in [2.24, 2.45) is 7.05 Å². The molecule has 0 aliphatic heterocycles. The van der Waals surface area contributed by atoms with Crippen LogP contribution in [0.1, 0.15) is 20.9 Å². The van der Waals surface area contributed by atoms with Crippen molar-refractivity contribution >= 4 is 34.5 Å². The zero-order valence-corrected chi connectivity index (χ0v) is 14.8. The van der Waals surface area contributed by atoms with Gasteiger partial charge in [0.2, 0.25) is 0 Å². The highest BCUT2D eigenvalue weighted by molar-refractivity contribution is 7.12. The second kappa shape index (κ2) is 7.07. The summed E-state index contributed by atoms with van der Waals surface area (Å²) in [6.07, 6.45) is 1.64. The summed E-state index contributed by atoms with van der Waals surface area (Å²) in [5.74, 6) is 0.474. The third-order valence-corrected chi connectivity index (χ3v) is 4.88. The molecule has 0 unspecified atom stereocenters. The largest absolute Gasteiger partial charge is 0.487 e. The van der Waals surface area contributed by atoms with Gasteiger partial charge in [-0.3, -0.25) is 9.48 Å². The van der Waals surface area contributed by atoms with Gasteiger partial charge in [0, 0.05) is 12.6 Å². The van der Waals surface area contributed by atoms with Crippen molar-refractivity contribution in [3.8, 4) is 5.75 Å². The molecule has 24 heavy (non-hydrogen) atoms. The number of anilines is 1. The van der Waals surface area contributed by atoms with Crippen LogP contribution in [0.15, 0.2) is 41.9 Å². The lowest BCUT2D eigenvalue weighted by Gasteiger charge is -2.06. The lowest BCUT2D eigenvalue weighted by Crippen LogP contribution is -2.10. The summed E-state index contributed by atoms with van der Waals surface area (Å²) in [7, 11) is 1.83. The lowest BCUT2D eigenvalue weighted by atomic mass is 10.3. The number of benzene rings is 1. The summed E-state index contributed by atoms with van der Waals surface area (Å²) in [5, 5.41) is 9.45. The molecule has 0 saturated heterocycles. The molecule has 0 bridgehead atoms. The first-order chi connectivity index (χ1) is 11.5. The number of carbonyl (C=O) groups is 1. The molecular weight excluding hydrogens is 346 g/mol. The number of aromatic nitrogens is 2. The fourth-order valence-electron chi connectivity index (χ4n) is 2.10. The highest BCUT2D eigenvalue weighted by Gasteiger charge is 2.13. The number of rotatable bonds is 5.